The summed E-state index contributed by atoms with van der Waals surface area (Å²) < 4.78 is 21.4. The van der Waals surface area contributed by atoms with E-state index in [-0.39, 0.29) is 28.4 Å². The number of carbonyl (C=O) groups is 3. The highest BCUT2D eigenvalue weighted by Gasteiger charge is 2.18. The van der Waals surface area contributed by atoms with E-state index in [4.69, 9.17) is 30.5 Å². The fourth-order valence-corrected chi connectivity index (χ4v) is 4.18. The van der Waals surface area contributed by atoms with Crippen LogP contribution in [0.4, 0.5) is 0 Å². The number of methoxy groups -OCH3 is 3. The quantitative estimate of drug-likeness (QED) is 0.122. The monoisotopic (exact) mass is 575 g/mol. The predicted octanol–water partition coefficient (Wildman–Crippen LogP) is 4.62. The number of hydrogen-bond donors (Lipinski definition) is 2. The minimum absolute atomic E-state index is 0.205. The maximum absolute atomic E-state index is 12.8. The molecule has 0 aromatic heterocycles. The van der Waals surface area contributed by atoms with Crippen LogP contribution in [-0.2, 0) is 4.79 Å². The molecule has 10 nitrogen and oxygen atoms in total. The standard InChI is InChI=1S/C30H26ClN3O7/c1-38-25-14-19(15-26(39-2)28(25)40-3)29(36)32-17-27(35)34-33-16-22-20-9-5-4-8-18(20)12-13-24(22)41-30(37)21-10-6-7-11-23(21)31/h4-16H,17H2,1-3H3,(H,32,36)(H,34,35)/b33-16-. The molecule has 0 atom stereocenters. The smallest absolute Gasteiger partial charge is 0.345 e. The molecule has 0 aliphatic rings. The predicted molar refractivity (Wildman–Crippen MR) is 155 cm³/mol. The molecule has 11 heteroatoms. The molecule has 0 unspecified atom stereocenters. The van der Waals surface area contributed by atoms with Crippen LogP contribution >= 0.6 is 11.6 Å². The molecule has 0 radical (unpaired) electrons. The maximum Gasteiger partial charge on any atom is 0.345 e. The van der Waals surface area contributed by atoms with Crippen LogP contribution in [0.15, 0.2) is 77.9 Å². The van der Waals surface area contributed by atoms with Crippen LogP contribution in [0.3, 0.4) is 0 Å². The van der Waals surface area contributed by atoms with Gasteiger partial charge in [0.25, 0.3) is 11.8 Å². The van der Waals surface area contributed by atoms with E-state index in [0.29, 0.717) is 22.8 Å². The Labute approximate surface area is 240 Å². The second-order valence-electron chi connectivity index (χ2n) is 8.46. The maximum atomic E-state index is 12.8. The lowest BCUT2D eigenvalue weighted by molar-refractivity contribution is -0.120. The number of hydrazone groups is 1. The third kappa shape index (κ3) is 6.74. The molecule has 0 aliphatic carbocycles. The van der Waals surface area contributed by atoms with E-state index in [2.05, 4.69) is 15.8 Å². The summed E-state index contributed by atoms with van der Waals surface area (Å²) in [5.41, 5.74) is 3.25. The molecular weight excluding hydrogens is 550 g/mol. The molecule has 0 saturated heterocycles. The number of halogens is 1. The number of esters is 1. The van der Waals surface area contributed by atoms with Crippen LogP contribution in [0.5, 0.6) is 23.0 Å². The Bertz CT molecular complexity index is 1610. The first-order chi connectivity index (χ1) is 19.9. The van der Waals surface area contributed by atoms with Gasteiger partial charge in [-0.15, -0.1) is 0 Å². The summed E-state index contributed by atoms with van der Waals surface area (Å²) in [6.45, 7) is -0.364. The van der Waals surface area contributed by atoms with Crippen LogP contribution in [0.2, 0.25) is 5.02 Å². The van der Waals surface area contributed by atoms with Gasteiger partial charge in [0.05, 0.1) is 44.7 Å². The second-order valence-corrected chi connectivity index (χ2v) is 8.86. The lowest BCUT2D eigenvalue weighted by atomic mass is 10.0. The molecule has 41 heavy (non-hydrogen) atoms. The lowest BCUT2D eigenvalue weighted by Gasteiger charge is -2.14. The van der Waals surface area contributed by atoms with E-state index in [1.54, 1.807) is 36.4 Å². The molecule has 2 N–H and O–H groups in total. The van der Waals surface area contributed by atoms with Crippen molar-refractivity contribution in [3.8, 4) is 23.0 Å². The molecular formula is C30H26ClN3O7. The van der Waals surface area contributed by atoms with Crippen molar-refractivity contribution >= 4 is 46.4 Å². The number of carbonyl (C=O) groups excluding carboxylic acids is 3. The van der Waals surface area contributed by atoms with E-state index in [1.165, 1.54) is 39.7 Å². The topological polar surface area (TPSA) is 125 Å². The summed E-state index contributed by atoms with van der Waals surface area (Å²) in [6, 6.07) is 20.4. The Morgan fingerprint density at radius 3 is 2.22 bits per heavy atom. The van der Waals surface area contributed by atoms with Gasteiger partial charge in [0, 0.05) is 11.1 Å². The molecule has 4 aromatic carbocycles. The van der Waals surface area contributed by atoms with Gasteiger partial charge in [-0.3, -0.25) is 9.59 Å². The van der Waals surface area contributed by atoms with Gasteiger partial charge in [0.2, 0.25) is 5.75 Å². The molecule has 0 aliphatic heterocycles. The second kappa shape index (κ2) is 13.3. The highest BCUT2D eigenvalue weighted by molar-refractivity contribution is 6.33. The zero-order valence-electron chi connectivity index (χ0n) is 22.4. The molecule has 0 saturated carbocycles. The fourth-order valence-electron chi connectivity index (χ4n) is 3.96. The van der Waals surface area contributed by atoms with Crippen LogP contribution in [-0.4, -0.2) is 51.9 Å². The highest BCUT2D eigenvalue weighted by atomic mass is 35.5. The molecule has 4 aromatic rings. The number of fused-ring (bicyclic) bond motifs is 1. The van der Waals surface area contributed by atoms with Gasteiger partial charge in [-0.05, 0) is 41.1 Å². The van der Waals surface area contributed by atoms with E-state index in [1.807, 2.05) is 24.3 Å². The first-order valence-electron chi connectivity index (χ1n) is 12.2. The van der Waals surface area contributed by atoms with E-state index in [0.717, 1.165) is 10.8 Å². The minimum Gasteiger partial charge on any atom is -0.493 e. The summed E-state index contributed by atoms with van der Waals surface area (Å²) >= 11 is 6.15. The van der Waals surface area contributed by atoms with Crippen molar-refractivity contribution in [1.29, 1.82) is 0 Å². The van der Waals surface area contributed by atoms with E-state index < -0.39 is 17.8 Å². The van der Waals surface area contributed by atoms with E-state index in [9.17, 15) is 14.4 Å². The summed E-state index contributed by atoms with van der Waals surface area (Å²) in [4.78, 5) is 37.9. The van der Waals surface area contributed by atoms with Crippen molar-refractivity contribution in [2.24, 2.45) is 5.10 Å². The van der Waals surface area contributed by atoms with Crippen LogP contribution in [0.25, 0.3) is 10.8 Å². The van der Waals surface area contributed by atoms with Gasteiger partial charge in [0.1, 0.15) is 5.75 Å². The summed E-state index contributed by atoms with van der Waals surface area (Å²) in [5, 5.41) is 8.42. The van der Waals surface area contributed by atoms with Crippen molar-refractivity contribution in [2.75, 3.05) is 27.9 Å². The van der Waals surface area contributed by atoms with Gasteiger partial charge in [-0.2, -0.15) is 5.10 Å². The number of amides is 2. The molecule has 210 valence electrons. The molecule has 0 fully saturated rings. The summed E-state index contributed by atoms with van der Waals surface area (Å²) in [5.74, 6) is -0.604. The first kappa shape index (κ1) is 28.9. The average molecular weight is 576 g/mol. The Morgan fingerprint density at radius 1 is 0.854 bits per heavy atom. The van der Waals surface area contributed by atoms with Crippen LogP contribution in [0.1, 0.15) is 26.3 Å². The Kier molecular flexibility index (Phi) is 9.39. The Balaban J connectivity index is 1.47. The molecule has 2 amide bonds. The zero-order valence-corrected chi connectivity index (χ0v) is 23.2. The largest absolute Gasteiger partial charge is 0.493 e. The zero-order chi connectivity index (χ0) is 29.4. The number of nitrogens with one attached hydrogen (secondary N) is 2. The molecule has 0 spiro atoms. The Hall–Kier alpha value is -5.09. The number of hydrogen-bond acceptors (Lipinski definition) is 8. The number of ether oxygens (including phenoxy) is 4. The first-order valence-corrected chi connectivity index (χ1v) is 12.6. The third-order valence-corrected chi connectivity index (χ3v) is 6.28. The molecule has 0 bridgehead atoms. The van der Waals surface area contributed by atoms with Crippen molar-refractivity contribution in [1.82, 2.24) is 10.7 Å². The average Bonchev–Trinajstić information content (AvgIpc) is 2.99. The van der Waals surface area contributed by atoms with Gasteiger partial charge in [0.15, 0.2) is 11.5 Å². The van der Waals surface area contributed by atoms with Gasteiger partial charge in [-0.1, -0.05) is 54.1 Å². The fraction of sp³-hybridized carbons (Fsp3) is 0.133. The third-order valence-electron chi connectivity index (χ3n) is 5.95. The van der Waals surface area contributed by atoms with Gasteiger partial charge >= 0.3 is 5.97 Å². The number of nitrogens with zero attached hydrogens (tertiary/aromatic N) is 1. The lowest BCUT2D eigenvalue weighted by Crippen LogP contribution is -2.35. The highest BCUT2D eigenvalue weighted by Crippen LogP contribution is 2.38. The van der Waals surface area contributed by atoms with E-state index >= 15 is 0 Å². The van der Waals surface area contributed by atoms with Crippen molar-refractivity contribution in [3.05, 3.63) is 94.5 Å². The number of rotatable bonds is 10. The van der Waals surface area contributed by atoms with Crippen LogP contribution < -0.4 is 29.7 Å². The number of benzene rings is 4. The molecule has 0 heterocycles. The van der Waals surface area contributed by atoms with Gasteiger partial charge < -0.3 is 24.3 Å². The molecule has 4 rings (SSSR count). The summed E-state index contributed by atoms with van der Waals surface area (Å²) in [7, 11) is 4.32. The van der Waals surface area contributed by atoms with Crippen molar-refractivity contribution in [3.63, 3.8) is 0 Å². The SMILES string of the molecule is COc1cc(C(=O)NCC(=O)N/N=C\c2c(OC(=O)c3ccccc3Cl)ccc3ccccc23)cc(OC)c1OC. The Morgan fingerprint density at radius 2 is 1.54 bits per heavy atom. The normalized spacial score (nSPS) is 10.7. The van der Waals surface area contributed by atoms with Gasteiger partial charge in [-0.25, -0.2) is 10.2 Å². The van der Waals surface area contributed by atoms with Crippen LogP contribution in [0, 0.1) is 0 Å². The summed E-state index contributed by atoms with van der Waals surface area (Å²) in [6.07, 6.45) is 1.37. The van der Waals surface area contributed by atoms with Crippen molar-refractivity contribution < 1.29 is 33.3 Å². The van der Waals surface area contributed by atoms with Crippen molar-refractivity contribution in [2.45, 2.75) is 0 Å². The minimum atomic E-state index is -0.640.